The Labute approximate surface area is 114 Å². The van der Waals surface area contributed by atoms with Crippen molar-refractivity contribution in [3.05, 3.63) is 64.5 Å². The molecule has 2 rings (SSSR count). The first-order valence-electron chi connectivity index (χ1n) is 5.90. The second kappa shape index (κ2) is 5.66. The Bertz CT molecular complexity index is 667. The van der Waals surface area contributed by atoms with Gasteiger partial charge in [0, 0.05) is 23.4 Å². The Morgan fingerprint density at radius 1 is 1.10 bits per heavy atom. The summed E-state index contributed by atoms with van der Waals surface area (Å²) in [5.41, 5.74) is 0.577. The van der Waals surface area contributed by atoms with Crippen LogP contribution in [0.2, 0.25) is 0 Å². The zero-order valence-corrected chi connectivity index (χ0v) is 10.7. The van der Waals surface area contributed by atoms with E-state index in [4.69, 9.17) is 5.26 Å². The normalized spacial score (nSPS) is 10.2. The molecule has 20 heavy (non-hydrogen) atoms. The second-order valence-corrected chi connectivity index (χ2v) is 4.30. The molecule has 0 heterocycles. The Kier molecular flexibility index (Phi) is 3.94. The van der Waals surface area contributed by atoms with Gasteiger partial charge in [0.25, 0.3) is 0 Å². The van der Waals surface area contributed by atoms with Crippen LogP contribution in [0.15, 0.2) is 30.3 Å². The molecular formula is C15H11F3N2. The van der Waals surface area contributed by atoms with E-state index < -0.39 is 17.5 Å². The number of hydrogen-bond acceptors (Lipinski definition) is 2. The quantitative estimate of drug-likeness (QED) is 0.923. The number of hydrogen-bond donors (Lipinski definition) is 1. The zero-order chi connectivity index (χ0) is 14.7. The summed E-state index contributed by atoms with van der Waals surface area (Å²) in [6.07, 6.45) is 0. The maximum absolute atomic E-state index is 13.7. The third-order valence-electron chi connectivity index (χ3n) is 2.99. The highest BCUT2D eigenvalue weighted by molar-refractivity contribution is 5.51. The molecule has 0 unspecified atom stereocenters. The predicted octanol–water partition coefficient (Wildman–Crippen LogP) is 3.90. The Hall–Kier alpha value is -2.48. The first-order chi connectivity index (χ1) is 9.52. The van der Waals surface area contributed by atoms with Gasteiger partial charge in [-0.05, 0) is 31.2 Å². The summed E-state index contributed by atoms with van der Waals surface area (Å²) in [5.74, 6) is -2.00. The van der Waals surface area contributed by atoms with E-state index in [9.17, 15) is 13.2 Å². The van der Waals surface area contributed by atoms with E-state index in [-0.39, 0.29) is 17.7 Å². The van der Waals surface area contributed by atoms with Crippen LogP contribution in [0.25, 0.3) is 0 Å². The van der Waals surface area contributed by atoms with E-state index >= 15 is 0 Å². The highest BCUT2D eigenvalue weighted by Gasteiger charge is 2.12. The average Bonchev–Trinajstić information content (AvgIpc) is 2.42. The van der Waals surface area contributed by atoms with Crippen LogP contribution in [0.4, 0.5) is 18.9 Å². The summed E-state index contributed by atoms with van der Waals surface area (Å²) in [6.45, 7) is 1.44. The molecule has 0 aliphatic heterocycles. The minimum Gasteiger partial charge on any atom is -0.380 e. The SMILES string of the molecule is Cc1c(F)cccc1NCc1c(F)cc(C#N)cc1F. The van der Waals surface area contributed by atoms with Gasteiger partial charge in [-0.25, -0.2) is 13.2 Å². The molecule has 2 aromatic rings. The van der Waals surface area contributed by atoms with E-state index in [0.29, 0.717) is 11.3 Å². The van der Waals surface area contributed by atoms with Gasteiger partial charge in [0.15, 0.2) is 0 Å². The van der Waals surface area contributed by atoms with Gasteiger partial charge in [0.05, 0.1) is 11.6 Å². The predicted molar refractivity (Wildman–Crippen MR) is 69.5 cm³/mol. The summed E-state index contributed by atoms with van der Waals surface area (Å²) in [7, 11) is 0. The van der Waals surface area contributed by atoms with Crippen molar-refractivity contribution in [3.63, 3.8) is 0 Å². The van der Waals surface area contributed by atoms with Crippen LogP contribution in [0.3, 0.4) is 0 Å². The smallest absolute Gasteiger partial charge is 0.132 e. The van der Waals surface area contributed by atoms with Gasteiger partial charge >= 0.3 is 0 Å². The van der Waals surface area contributed by atoms with Gasteiger partial charge in [-0.2, -0.15) is 5.26 Å². The van der Waals surface area contributed by atoms with E-state index in [0.717, 1.165) is 12.1 Å². The standard InChI is InChI=1S/C15H11F3N2/c1-9-12(16)3-2-4-15(9)20-8-11-13(17)5-10(7-19)6-14(11)18/h2-6,20H,8H2,1H3. The zero-order valence-electron chi connectivity index (χ0n) is 10.7. The van der Waals surface area contributed by atoms with Crippen LogP contribution in [0.5, 0.6) is 0 Å². The lowest BCUT2D eigenvalue weighted by Crippen LogP contribution is -2.06. The molecule has 0 saturated heterocycles. The summed E-state index contributed by atoms with van der Waals surface area (Å²) in [6, 6.07) is 8.06. The van der Waals surface area contributed by atoms with E-state index in [1.165, 1.54) is 12.1 Å². The molecule has 5 heteroatoms. The van der Waals surface area contributed by atoms with Crippen molar-refractivity contribution in [2.45, 2.75) is 13.5 Å². The van der Waals surface area contributed by atoms with Gasteiger partial charge in [0.1, 0.15) is 17.5 Å². The van der Waals surface area contributed by atoms with E-state index in [1.54, 1.807) is 19.1 Å². The molecule has 0 saturated carbocycles. The molecule has 0 spiro atoms. The number of halogens is 3. The van der Waals surface area contributed by atoms with E-state index in [1.807, 2.05) is 0 Å². The van der Waals surface area contributed by atoms with Crippen LogP contribution in [0.1, 0.15) is 16.7 Å². The number of benzene rings is 2. The lowest BCUT2D eigenvalue weighted by Gasteiger charge is -2.11. The summed E-state index contributed by atoms with van der Waals surface area (Å²) >= 11 is 0. The average molecular weight is 276 g/mol. The number of anilines is 1. The van der Waals surface area contributed by atoms with Crippen LogP contribution in [-0.2, 0) is 6.54 Å². The Morgan fingerprint density at radius 2 is 1.75 bits per heavy atom. The lowest BCUT2D eigenvalue weighted by molar-refractivity contribution is 0.559. The van der Waals surface area contributed by atoms with Crippen molar-refractivity contribution < 1.29 is 13.2 Å². The van der Waals surface area contributed by atoms with Crippen LogP contribution >= 0.6 is 0 Å². The number of rotatable bonds is 3. The fourth-order valence-electron chi connectivity index (χ4n) is 1.82. The molecule has 102 valence electrons. The molecular weight excluding hydrogens is 265 g/mol. The first kappa shape index (κ1) is 13.9. The molecule has 2 aromatic carbocycles. The molecule has 1 N–H and O–H groups in total. The Morgan fingerprint density at radius 3 is 2.35 bits per heavy atom. The molecule has 2 nitrogen and oxygen atoms in total. The minimum atomic E-state index is -0.803. The van der Waals surface area contributed by atoms with Crippen molar-refractivity contribution in [1.29, 1.82) is 5.26 Å². The maximum atomic E-state index is 13.7. The largest absolute Gasteiger partial charge is 0.380 e. The fourth-order valence-corrected chi connectivity index (χ4v) is 1.82. The van der Waals surface area contributed by atoms with Gasteiger partial charge in [-0.1, -0.05) is 6.07 Å². The molecule has 0 bridgehead atoms. The number of nitrogens with one attached hydrogen (secondary N) is 1. The third-order valence-corrected chi connectivity index (χ3v) is 2.99. The summed E-state index contributed by atoms with van der Waals surface area (Å²) in [5, 5.41) is 11.4. The lowest BCUT2D eigenvalue weighted by atomic mass is 10.1. The van der Waals surface area contributed by atoms with Crippen LogP contribution in [0, 0.1) is 35.7 Å². The van der Waals surface area contributed by atoms with Gasteiger partial charge in [-0.3, -0.25) is 0 Å². The monoisotopic (exact) mass is 276 g/mol. The van der Waals surface area contributed by atoms with Crippen molar-refractivity contribution in [2.75, 3.05) is 5.32 Å². The second-order valence-electron chi connectivity index (χ2n) is 4.30. The molecule has 0 aromatic heterocycles. The van der Waals surface area contributed by atoms with Gasteiger partial charge < -0.3 is 5.32 Å². The maximum Gasteiger partial charge on any atom is 0.132 e. The highest BCUT2D eigenvalue weighted by Crippen LogP contribution is 2.20. The Balaban J connectivity index is 2.24. The van der Waals surface area contributed by atoms with Crippen molar-refractivity contribution in [3.8, 4) is 6.07 Å². The van der Waals surface area contributed by atoms with E-state index in [2.05, 4.69) is 5.32 Å². The first-order valence-corrected chi connectivity index (χ1v) is 5.90. The minimum absolute atomic E-state index is 0.0781. The van der Waals surface area contributed by atoms with Gasteiger partial charge in [0.2, 0.25) is 0 Å². The fraction of sp³-hybridized carbons (Fsp3) is 0.133. The third kappa shape index (κ3) is 2.75. The molecule has 0 amide bonds. The molecule has 0 atom stereocenters. The van der Waals surface area contributed by atoms with Crippen molar-refractivity contribution in [1.82, 2.24) is 0 Å². The van der Waals surface area contributed by atoms with Crippen molar-refractivity contribution >= 4 is 5.69 Å². The summed E-state index contributed by atoms with van der Waals surface area (Å²) in [4.78, 5) is 0. The van der Waals surface area contributed by atoms with Crippen LogP contribution < -0.4 is 5.32 Å². The molecule has 0 aliphatic rings. The highest BCUT2D eigenvalue weighted by atomic mass is 19.1. The molecule has 0 radical (unpaired) electrons. The number of nitrogens with zero attached hydrogens (tertiary/aromatic N) is 1. The van der Waals surface area contributed by atoms with Crippen molar-refractivity contribution in [2.24, 2.45) is 0 Å². The summed E-state index contributed by atoms with van der Waals surface area (Å²) < 4.78 is 40.7. The molecule has 0 fully saturated rings. The molecule has 0 aliphatic carbocycles. The van der Waals surface area contributed by atoms with Crippen LogP contribution in [-0.4, -0.2) is 0 Å². The van der Waals surface area contributed by atoms with Gasteiger partial charge in [-0.15, -0.1) is 0 Å². The number of nitriles is 1. The topological polar surface area (TPSA) is 35.8 Å².